The third-order valence-electron chi connectivity index (χ3n) is 1.37. The van der Waals surface area contributed by atoms with Gasteiger partial charge in [0.05, 0.1) is 7.11 Å². The quantitative estimate of drug-likeness (QED) is 0.521. The van der Waals surface area contributed by atoms with E-state index in [0.717, 1.165) is 16.2 Å². The van der Waals surface area contributed by atoms with Crippen LogP contribution in [-0.4, -0.2) is 25.9 Å². The van der Waals surface area contributed by atoms with E-state index in [1.807, 2.05) is 26.0 Å². The zero-order chi connectivity index (χ0) is 7.56. The van der Waals surface area contributed by atoms with Crippen molar-refractivity contribution in [3.8, 4) is 5.75 Å². The molecule has 0 unspecified atom stereocenters. The minimum Gasteiger partial charge on any atom is -0.497 e. The molecule has 0 bridgehead atoms. The van der Waals surface area contributed by atoms with E-state index in [2.05, 4.69) is 0 Å². The summed E-state index contributed by atoms with van der Waals surface area (Å²) < 4.78 is 4.99. The molecule has 0 aliphatic rings. The molecule has 12 heavy (non-hydrogen) atoms. The molecular formula is C7H12BClO3. The minimum absolute atomic E-state index is 0. The van der Waals surface area contributed by atoms with Gasteiger partial charge in [-0.1, -0.05) is 17.1 Å². The summed E-state index contributed by atoms with van der Waals surface area (Å²) in [6.45, 7) is 0. The molecule has 1 aromatic carbocycles. The number of methoxy groups -OCH3 is 1. The summed E-state index contributed by atoms with van der Waals surface area (Å²) in [6, 6.07) is 5.58. The summed E-state index contributed by atoms with van der Waals surface area (Å²) in [4.78, 5) is 0. The second-order valence-electron chi connectivity index (χ2n) is 2.12. The Hall–Kier alpha value is -0.705. The molecule has 3 nitrogen and oxygen atoms in total. The number of hydrogen-bond donors (Lipinski definition) is 0. The number of benzene rings is 1. The molecule has 0 saturated heterocycles. The van der Waals surface area contributed by atoms with Gasteiger partial charge in [-0.3, -0.25) is 0 Å². The van der Waals surface area contributed by atoms with Crippen molar-refractivity contribution in [3.63, 3.8) is 0 Å². The minimum atomic E-state index is 0. The van der Waals surface area contributed by atoms with Gasteiger partial charge < -0.3 is 15.7 Å². The molecule has 0 amide bonds. The molecule has 0 heterocycles. The van der Waals surface area contributed by atoms with Gasteiger partial charge in [-0.2, -0.15) is 0 Å². The normalized spacial score (nSPS) is 7.83. The molecule has 0 saturated carbocycles. The SMILES string of the molecule is Bc1cc(OC)ccc1Cl.O.O. The zero-order valence-corrected chi connectivity index (χ0v) is 7.77. The van der Waals surface area contributed by atoms with Gasteiger partial charge in [0, 0.05) is 5.02 Å². The van der Waals surface area contributed by atoms with Crippen molar-refractivity contribution in [1.29, 1.82) is 0 Å². The molecule has 0 spiro atoms. The Morgan fingerprint density at radius 2 is 1.92 bits per heavy atom. The van der Waals surface area contributed by atoms with E-state index in [4.69, 9.17) is 16.3 Å². The molecule has 0 aromatic heterocycles. The Kier molecular flexibility index (Phi) is 6.79. The second kappa shape index (κ2) is 5.88. The van der Waals surface area contributed by atoms with Gasteiger partial charge in [0.1, 0.15) is 13.6 Å². The zero-order valence-electron chi connectivity index (χ0n) is 7.02. The van der Waals surface area contributed by atoms with Gasteiger partial charge in [0.15, 0.2) is 0 Å². The topological polar surface area (TPSA) is 72.2 Å². The first-order valence-electron chi connectivity index (χ1n) is 3.04. The van der Waals surface area contributed by atoms with Crippen LogP contribution in [0.15, 0.2) is 18.2 Å². The van der Waals surface area contributed by atoms with E-state index >= 15 is 0 Å². The number of rotatable bonds is 1. The van der Waals surface area contributed by atoms with E-state index in [0.29, 0.717) is 0 Å². The molecule has 0 atom stereocenters. The maximum atomic E-state index is 5.78. The van der Waals surface area contributed by atoms with Gasteiger partial charge >= 0.3 is 0 Å². The second-order valence-corrected chi connectivity index (χ2v) is 2.52. The fourth-order valence-corrected chi connectivity index (χ4v) is 0.862. The Bertz CT molecular complexity index is 242. The molecule has 0 aliphatic heterocycles. The maximum Gasteiger partial charge on any atom is 0.141 e. The van der Waals surface area contributed by atoms with E-state index in [1.165, 1.54) is 0 Å². The molecule has 5 heteroatoms. The van der Waals surface area contributed by atoms with Crippen molar-refractivity contribution in [3.05, 3.63) is 23.2 Å². The van der Waals surface area contributed by atoms with Gasteiger partial charge in [-0.25, -0.2) is 0 Å². The fraction of sp³-hybridized carbons (Fsp3) is 0.143. The first-order valence-corrected chi connectivity index (χ1v) is 3.42. The average molecular weight is 190 g/mol. The highest BCUT2D eigenvalue weighted by atomic mass is 35.5. The summed E-state index contributed by atoms with van der Waals surface area (Å²) >= 11 is 5.78. The monoisotopic (exact) mass is 190 g/mol. The van der Waals surface area contributed by atoms with E-state index in [9.17, 15) is 0 Å². The van der Waals surface area contributed by atoms with Crippen LogP contribution in [-0.2, 0) is 0 Å². The molecule has 68 valence electrons. The van der Waals surface area contributed by atoms with Crippen LogP contribution in [0, 0.1) is 0 Å². The van der Waals surface area contributed by atoms with E-state index in [1.54, 1.807) is 7.11 Å². The van der Waals surface area contributed by atoms with Crippen LogP contribution < -0.4 is 10.2 Å². The number of ether oxygens (including phenoxy) is 1. The molecule has 0 aliphatic carbocycles. The van der Waals surface area contributed by atoms with Crippen molar-refractivity contribution in [2.24, 2.45) is 0 Å². The fourth-order valence-electron chi connectivity index (χ4n) is 0.744. The Balaban J connectivity index is 0. The highest BCUT2D eigenvalue weighted by Gasteiger charge is 1.94. The van der Waals surface area contributed by atoms with Crippen molar-refractivity contribution in [2.75, 3.05) is 7.11 Å². The van der Waals surface area contributed by atoms with Crippen molar-refractivity contribution in [2.45, 2.75) is 0 Å². The van der Waals surface area contributed by atoms with Crippen LogP contribution >= 0.6 is 11.6 Å². The predicted octanol–water partition coefficient (Wildman–Crippen LogP) is -1.04. The Morgan fingerprint density at radius 3 is 2.33 bits per heavy atom. The summed E-state index contributed by atoms with van der Waals surface area (Å²) in [5.41, 5.74) is 1.04. The number of halogens is 1. The lowest BCUT2D eigenvalue weighted by molar-refractivity contribution is 0.415. The molecule has 4 N–H and O–H groups in total. The van der Waals surface area contributed by atoms with Crippen molar-refractivity contribution < 1.29 is 15.7 Å². The summed E-state index contributed by atoms with van der Waals surface area (Å²) in [6.07, 6.45) is 0. The van der Waals surface area contributed by atoms with Crippen molar-refractivity contribution >= 4 is 24.9 Å². The van der Waals surface area contributed by atoms with Gasteiger partial charge in [0.25, 0.3) is 0 Å². The molecule has 0 fully saturated rings. The lowest BCUT2D eigenvalue weighted by Crippen LogP contribution is -2.03. The lowest BCUT2D eigenvalue weighted by atomic mass is 9.96. The third kappa shape index (κ3) is 3.13. The highest BCUT2D eigenvalue weighted by Crippen LogP contribution is 2.11. The van der Waals surface area contributed by atoms with Crippen LogP contribution in [0.25, 0.3) is 0 Å². The molecule has 1 rings (SSSR count). The number of hydrogen-bond acceptors (Lipinski definition) is 1. The first kappa shape index (κ1) is 13.9. The maximum absolute atomic E-state index is 5.78. The van der Waals surface area contributed by atoms with Crippen LogP contribution in [0.4, 0.5) is 0 Å². The Labute approximate surface area is 77.3 Å². The third-order valence-corrected chi connectivity index (χ3v) is 1.79. The summed E-state index contributed by atoms with van der Waals surface area (Å²) in [7, 11) is 3.59. The van der Waals surface area contributed by atoms with Gasteiger partial charge in [-0.05, 0) is 18.2 Å². The van der Waals surface area contributed by atoms with Crippen LogP contribution in [0.2, 0.25) is 5.02 Å². The predicted molar refractivity (Wildman–Crippen MR) is 53.4 cm³/mol. The molecule has 1 aromatic rings. The largest absolute Gasteiger partial charge is 0.497 e. The summed E-state index contributed by atoms with van der Waals surface area (Å²) in [5.74, 6) is 0.849. The van der Waals surface area contributed by atoms with E-state index < -0.39 is 0 Å². The smallest absolute Gasteiger partial charge is 0.141 e. The van der Waals surface area contributed by atoms with Gasteiger partial charge in [-0.15, -0.1) is 0 Å². The van der Waals surface area contributed by atoms with Crippen LogP contribution in [0.3, 0.4) is 0 Å². The highest BCUT2D eigenvalue weighted by molar-refractivity contribution is 6.45. The molecule has 0 radical (unpaired) electrons. The van der Waals surface area contributed by atoms with E-state index in [-0.39, 0.29) is 11.0 Å². The molecular weight excluding hydrogens is 178 g/mol. The van der Waals surface area contributed by atoms with Crippen molar-refractivity contribution in [1.82, 2.24) is 0 Å². The average Bonchev–Trinajstić information content (AvgIpc) is 1.95. The van der Waals surface area contributed by atoms with Gasteiger partial charge in [0.2, 0.25) is 0 Å². The Morgan fingerprint density at radius 1 is 1.33 bits per heavy atom. The van der Waals surface area contributed by atoms with Crippen LogP contribution in [0.1, 0.15) is 0 Å². The lowest BCUT2D eigenvalue weighted by Gasteiger charge is -2.01. The van der Waals surface area contributed by atoms with Crippen LogP contribution in [0.5, 0.6) is 5.75 Å². The standard InChI is InChI=1S/C7H8BClO.2H2O/c1-10-5-2-3-7(9)6(8)4-5;;/h2-4H,8H2,1H3;2*1H2. The first-order chi connectivity index (χ1) is 4.74. The summed E-state index contributed by atoms with van der Waals surface area (Å²) in [5, 5.41) is 0.779.